The topological polar surface area (TPSA) is 26.0 Å². The summed E-state index contributed by atoms with van der Waals surface area (Å²) in [5.74, 6) is -0.400. The Bertz CT molecular complexity index is 631. The highest BCUT2D eigenvalue weighted by Crippen LogP contribution is 2.32. The Morgan fingerprint density at radius 3 is 2.53 bits per heavy atom. The van der Waals surface area contributed by atoms with Crippen molar-refractivity contribution in [2.24, 2.45) is 5.73 Å². The maximum atomic E-state index is 14.0. The van der Waals surface area contributed by atoms with Crippen LogP contribution in [0.3, 0.4) is 0 Å². The molecule has 1 nitrogen and oxygen atoms in total. The number of nitrogens with two attached hydrogens (primary N) is 1. The third-order valence-electron chi connectivity index (χ3n) is 3.02. The monoisotopic (exact) mass is 361 g/mol. The van der Waals surface area contributed by atoms with Crippen LogP contribution in [-0.2, 0) is 0 Å². The van der Waals surface area contributed by atoms with Crippen LogP contribution in [0.5, 0.6) is 0 Å². The van der Waals surface area contributed by atoms with Crippen LogP contribution in [0.1, 0.15) is 22.7 Å². The van der Waals surface area contributed by atoms with Crippen molar-refractivity contribution in [2.45, 2.75) is 13.0 Å². The number of hydrogen-bond acceptors (Lipinski definition) is 1. The molecule has 0 aromatic heterocycles. The minimum atomic E-state index is -0.607. The third kappa shape index (κ3) is 2.95. The highest BCUT2D eigenvalue weighted by molar-refractivity contribution is 9.10. The largest absolute Gasteiger partial charge is 0.320 e. The number of halogens is 4. The molecule has 0 amide bonds. The lowest BCUT2D eigenvalue weighted by atomic mass is 9.95. The maximum Gasteiger partial charge on any atom is 0.129 e. The van der Waals surface area contributed by atoms with Crippen LogP contribution in [-0.4, -0.2) is 0 Å². The first-order valence-corrected chi connectivity index (χ1v) is 7.11. The lowest BCUT2D eigenvalue weighted by Crippen LogP contribution is -2.15. The van der Waals surface area contributed by atoms with Gasteiger partial charge >= 0.3 is 0 Å². The van der Waals surface area contributed by atoms with E-state index in [0.29, 0.717) is 20.1 Å². The maximum absolute atomic E-state index is 14.0. The standard InChI is InChI=1S/C14H11BrCl2FN/c1-7-8(3-2-4-11(7)16)14(19)9-5-12(17)10(15)6-13(9)18/h2-6,14H,19H2,1H3. The second-order valence-corrected chi connectivity index (χ2v) is 5.89. The highest BCUT2D eigenvalue weighted by Gasteiger charge is 2.18. The van der Waals surface area contributed by atoms with Gasteiger partial charge in [0.15, 0.2) is 0 Å². The van der Waals surface area contributed by atoms with Gasteiger partial charge in [0.2, 0.25) is 0 Å². The van der Waals surface area contributed by atoms with Crippen LogP contribution in [0.15, 0.2) is 34.8 Å². The Morgan fingerprint density at radius 2 is 1.84 bits per heavy atom. The number of rotatable bonds is 2. The molecule has 0 saturated heterocycles. The summed E-state index contributed by atoms with van der Waals surface area (Å²) in [6.45, 7) is 1.86. The lowest BCUT2D eigenvalue weighted by Gasteiger charge is -2.17. The predicted molar refractivity (Wildman–Crippen MR) is 81.3 cm³/mol. The Hall–Kier alpha value is -0.610. The molecule has 5 heteroatoms. The fourth-order valence-corrected chi connectivity index (χ4v) is 2.57. The van der Waals surface area contributed by atoms with Gasteiger partial charge in [-0.05, 0) is 52.2 Å². The summed E-state index contributed by atoms with van der Waals surface area (Å²) in [6, 6.07) is 7.65. The van der Waals surface area contributed by atoms with Crippen molar-refractivity contribution < 1.29 is 4.39 Å². The molecule has 2 N–H and O–H groups in total. The van der Waals surface area contributed by atoms with Crippen molar-refractivity contribution in [1.82, 2.24) is 0 Å². The molecule has 0 aliphatic carbocycles. The van der Waals surface area contributed by atoms with Crippen molar-refractivity contribution in [1.29, 1.82) is 0 Å². The molecule has 2 aromatic carbocycles. The molecule has 1 atom stereocenters. The van der Waals surface area contributed by atoms with Gasteiger partial charge in [-0.2, -0.15) is 0 Å². The molecule has 0 spiro atoms. The molecule has 0 bridgehead atoms. The Labute approximate surface area is 129 Å². The van der Waals surface area contributed by atoms with Crippen molar-refractivity contribution >= 4 is 39.1 Å². The van der Waals surface area contributed by atoms with E-state index in [4.69, 9.17) is 28.9 Å². The number of hydrogen-bond donors (Lipinski definition) is 1. The Morgan fingerprint density at radius 1 is 1.16 bits per heavy atom. The average Bonchev–Trinajstić information content (AvgIpc) is 2.36. The molecule has 0 aliphatic rings. The van der Waals surface area contributed by atoms with E-state index in [1.165, 1.54) is 12.1 Å². The van der Waals surface area contributed by atoms with Gasteiger partial charge in [-0.1, -0.05) is 35.3 Å². The quantitative estimate of drug-likeness (QED) is 0.725. The van der Waals surface area contributed by atoms with E-state index in [-0.39, 0.29) is 0 Å². The van der Waals surface area contributed by atoms with Crippen LogP contribution in [0.25, 0.3) is 0 Å². The summed E-state index contributed by atoms with van der Waals surface area (Å²) < 4.78 is 14.5. The van der Waals surface area contributed by atoms with Gasteiger partial charge in [-0.25, -0.2) is 4.39 Å². The van der Waals surface area contributed by atoms with Crippen molar-refractivity contribution in [3.05, 3.63) is 67.4 Å². The molecule has 0 saturated carbocycles. The Kier molecular flexibility index (Phi) is 4.51. The second-order valence-electron chi connectivity index (χ2n) is 4.22. The molecule has 100 valence electrons. The molecule has 2 aromatic rings. The minimum Gasteiger partial charge on any atom is -0.320 e. The predicted octanol–water partition coefficient (Wildman–Crippen LogP) is 5.25. The molecule has 0 fully saturated rings. The second kappa shape index (κ2) is 5.80. The van der Waals surface area contributed by atoms with Crippen LogP contribution in [0.2, 0.25) is 10.0 Å². The average molecular weight is 363 g/mol. The third-order valence-corrected chi connectivity index (χ3v) is 4.63. The summed E-state index contributed by atoms with van der Waals surface area (Å²) in [5, 5.41) is 1.03. The fraction of sp³-hybridized carbons (Fsp3) is 0.143. The summed E-state index contributed by atoms with van der Waals surface area (Å²) in [6.07, 6.45) is 0. The zero-order chi connectivity index (χ0) is 14.2. The first-order valence-electron chi connectivity index (χ1n) is 5.57. The van der Waals surface area contributed by atoms with Crippen LogP contribution < -0.4 is 5.73 Å². The molecular weight excluding hydrogens is 352 g/mol. The van der Waals surface area contributed by atoms with Crippen LogP contribution in [0, 0.1) is 12.7 Å². The van der Waals surface area contributed by atoms with E-state index in [0.717, 1.165) is 11.1 Å². The SMILES string of the molecule is Cc1c(Cl)cccc1C(N)c1cc(Cl)c(Br)cc1F. The molecule has 2 rings (SSSR count). The van der Waals surface area contributed by atoms with E-state index in [2.05, 4.69) is 15.9 Å². The van der Waals surface area contributed by atoms with E-state index in [1.807, 2.05) is 13.0 Å². The molecule has 0 aliphatic heterocycles. The zero-order valence-electron chi connectivity index (χ0n) is 10.1. The van der Waals surface area contributed by atoms with Crippen LogP contribution in [0.4, 0.5) is 4.39 Å². The minimum absolute atomic E-state index is 0.346. The number of benzene rings is 2. The van der Waals surface area contributed by atoms with Crippen LogP contribution >= 0.6 is 39.1 Å². The summed E-state index contributed by atoms with van der Waals surface area (Å²) in [4.78, 5) is 0. The van der Waals surface area contributed by atoms with Gasteiger partial charge in [0, 0.05) is 15.1 Å². The zero-order valence-corrected chi connectivity index (χ0v) is 13.2. The van der Waals surface area contributed by atoms with Gasteiger partial charge in [0.1, 0.15) is 5.82 Å². The molecular formula is C14H11BrCl2FN. The fourth-order valence-electron chi connectivity index (χ4n) is 1.90. The molecule has 19 heavy (non-hydrogen) atoms. The lowest BCUT2D eigenvalue weighted by molar-refractivity contribution is 0.598. The van der Waals surface area contributed by atoms with Gasteiger partial charge in [0.05, 0.1) is 11.1 Å². The highest BCUT2D eigenvalue weighted by atomic mass is 79.9. The summed E-state index contributed by atoms with van der Waals surface area (Å²) in [5.41, 5.74) is 8.10. The van der Waals surface area contributed by atoms with Gasteiger partial charge in [-0.15, -0.1) is 0 Å². The van der Waals surface area contributed by atoms with Crippen molar-refractivity contribution in [2.75, 3.05) is 0 Å². The van der Waals surface area contributed by atoms with E-state index in [1.54, 1.807) is 12.1 Å². The summed E-state index contributed by atoms with van der Waals surface area (Å²) >= 11 is 15.2. The van der Waals surface area contributed by atoms with Crippen molar-refractivity contribution in [3.8, 4) is 0 Å². The Balaban J connectivity index is 2.53. The van der Waals surface area contributed by atoms with E-state index in [9.17, 15) is 4.39 Å². The molecule has 0 heterocycles. The van der Waals surface area contributed by atoms with Crippen molar-refractivity contribution in [3.63, 3.8) is 0 Å². The molecule has 0 radical (unpaired) electrons. The first-order chi connectivity index (χ1) is 8.91. The van der Waals surface area contributed by atoms with E-state index >= 15 is 0 Å². The van der Waals surface area contributed by atoms with Gasteiger partial charge in [-0.3, -0.25) is 0 Å². The molecule has 1 unspecified atom stereocenters. The normalized spacial score (nSPS) is 12.5. The van der Waals surface area contributed by atoms with Gasteiger partial charge < -0.3 is 5.73 Å². The van der Waals surface area contributed by atoms with E-state index < -0.39 is 11.9 Å². The van der Waals surface area contributed by atoms with Gasteiger partial charge in [0.25, 0.3) is 0 Å². The summed E-state index contributed by atoms with van der Waals surface area (Å²) in [7, 11) is 0. The smallest absolute Gasteiger partial charge is 0.129 e. The first kappa shape index (κ1) is 14.8.